The average molecular weight is 260 g/mol. The van der Waals surface area contributed by atoms with Gasteiger partial charge in [0.05, 0.1) is 18.1 Å². The van der Waals surface area contributed by atoms with Crippen molar-refractivity contribution in [1.82, 2.24) is 19.9 Å². The molecule has 1 saturated heterocycles. The maximum Gasteiger partial charge on any atom is 0.266 e. The molecule has 0 bridgehead atoms. The van der Waals surface area contributed by atoms with Crippen LogP contribution < -0.4 is 0 Å². The first kappa shape index (κ1) is 10.3. The molecule has 92 valence electrons. The summed E-state index contributed by atoms with van der Waals surface area (Å²) in [6.45, 7) is 1.86. The van der Waals surface area contributed by atoms with Gasteiger partial charge in [0.1, 0.15) is 4.88 Å². The maximum absolute atomic E-state index is 12.4. The predicted molar refractivity (Wildman–Crippen MR) is 66.8 cm³/mol. The zero-order valence-electron chi connectivity index (χ0n) is 9.74. The van der Waals surface area contributed by atoms with Gasteiger partial charge in [-0.2, -0.15) is 0 Å². The van der Waals surface area contributed by atoms with Gasteiger partial charge >= 0.3 is 0 Å². The number of hydrogen-bond donors (Lipinski definition) is 0. The van der Waals surface area contributed by atoms with Gasteiger partial charge in [-0.25, -0.2) is 4.68 Å². The summed E-state index contributed by atoms with van der Waals surface area (Å²) in [6, 6.07) is 1.92. The van der Waals surface area contributed by atoms with Crippen LogP contribution in [0.15, 0.2) is 23.8 Å². The van der Waals surface area contributed by atoms with Crippen LogP contribution in [0, 0.1) is 5.41 Å². The Hall–Kier alpha value is -1.69. The van der Waals surface area contributed by atoms with Gasteiger partial charge in [-0.05, 0) is 24.3 Å². The summed E-state index contributed by atoms with van der Waals surface area (Å²) in [4.78, 5) is 15.1. The molecule has 0 unspecified atom stereocenters. The summed E-state index contributed by atoms with van der Waals surface area (Å²) in [6.07, 6.45) is 5.96. The Labute approximate surface area is 108 Å². The van der Waals surface area contributed by atoms with Crippen LogP contribution in [-0.4, -0.2) is 38.9 Å². The van der Waals surface area contributed by atoms with E-state index >= 15 is 0 Å². The maximum atomic E-state index is 12.4. The number of thiophene rings is 1. The summed E-state index contributed by atoms with van der Waals surface area (Å²) in [5.74, 6) is 0.132. The van der Waals surface area contributed by atoms with Crippen molar-refractivity contribution in [2.24, 2.45) is 5.41 Å². The van der Waals surface area contributed by atoms with E-state index in [9.17, 15) is 4.79 Å². The Bertz CT molecular complexity index is 591. The second kappa shape index (κ2) is 3.41. The topological polar surface area (TPSA) is 51.0 Å². The van der Waals surface area contributed by atoms with Crippen LogP contribution in [0.4, 0.5) is 0 Å². The molecule has 2 aliphatic rings. The highest BCUT2D eigenvalue weighted by Crippen LogP contribution is 2.53. The summed E-state index contributed by atoms with van der Waals surface area (Å²) in [5.41, 5.74) is 1.33. The molecule has 1 aliphatic carbocycles. The van der Waals surface area contributed by atoms with E-state index in [0.717, 1.165) is 23.7 Å². The number of hydrogen-bond acceptors (Lipinski definition) is 4. The Morgan fingerprint density at radius 2 is 2.22 bits per heavy atom. The molecule has 3 heterocycles. The van der Waals surface area contributed by atoms with E-state index in [1.54, 1.807) is 17.1 Å². The zero-order valence-corrected chi connectivity index (χ0v) is 10.6. The fraction of sp³-hybridized carbons (Fsp3) is 0.417. The van der Waals surface area contributed by atoms with E-state index in [2.05, 4.69) is 10.3 Å². The van der Waals surface area contributed by atoms with Crippen molar-refractivity contribution in [2.75, 3.05) is 13.1 Å². The highest BCUT2D eigenvalue weighted by atomic mass is 32.1. The van der Waals surface area contributed by atoms with Crippen LogP contribution in [0.2, 0.25) is 0 Å². The minimum absolute atomic E-state index is 0.132. The van der Waals surface area contributed by atoms with Crippen LogP contribution in [0.3, 0.4) is 0 Å². The van der Waals surface area contributed by atoms with Crippen molar-refractivity contribution < 1.29 is 4.79 Å². The molecular weight excluding hydrogens is 248 g/mol. The van der Waals surface area contributed by atoms with E-state index in [1.165, 1.54) is 24.2 Å². The summed E-state index contributed by atoms with van der Waals surface area (Å²) in [7, 11) is 0. The third kappa shape index (κ3) is 1.42. The van der Waals surface area contributed by atoms with E-state index in [0.29, 0.717) is 5.41 Å². The molecule has 0 aromatic carbocycles. The molecule has 6 heteroatoms. The SMILES string of the molecule is O=C(c1sccc1-n1ccnn1)N1CC2(CC2)C1. The molecule has 2 fully saturated rings. The number of aromatic nitrogens is 3. The van der Waals surface area contributed by atoms with Gasteiger partial charge in [-0.15, -0.1) is 16.4 Å². The minimum atomic E-state index is 0.132. The average Bonchev–Trinajstić information content (AvgIpc) is 2.79. The van der Waals surface area contributed by atoms with Crippen molar-refractivity contribution >= 4 is 17.2 Å². The predicted octanol–water partition coefficient (Wildman–Crippen LogP) is 1.56. The third-order valence-corrected chi connectivity index (χ3v) is 4.70. The lowest BCUT2D eigenvalue weighted by Gasteiger charge is -2.39. The van der Waals surface area contributed by atoms with Gasteiger partial charge < -0.3 is 4.90 Å². The third-order valence-electron chi connectivity index (χ3n) is 3.80. The normalized spacial score (nSPS) is 19.9. The largest absolute Gasteiger partial charge is 0.337 e. The Kier molecular flexibility index (Phi) is 1.94. The highest BCUT2D eigenvalue weighted by molar-refractivity contribution is 7.12. The lowest BCUT2D eigenvalue weighted by molar-refractivity contribution is 0.0448. The van der Waals surface area contributed by atoms with E-state index in [4.69, 9.17) is 0 Å². The smallest absolute Gasteiger partial charge is 0.266 e. The molecule has 0 radical (unpaired) electrons. The fourth-order valence-corrected chi connectivity index (χ4v) is 3.37. The number of carbonyl (C=O) groups is 1. The van der Waals surface area contributed by atoms with Gasteiger partial charge in [-0.1, -0.05) is 5.21 Å². The van der Waals surface area contributed by atoms with Gasteiger partial charge in [0.25, 0.3) is 5.91 Å². The van der Waals surface area contributed by atoms with Gasteiger partial charge in [-0.3, -0.25) is 4.79 Å². The number of likely N-dealkylation sites (tertiary alicyclic amines) is 1. The lowest BCUT2D eigenvalue weighted by atomic mass is 9.97. The first-order valence-electron chi connectivity index (χ1n) is 6.01. The van der Waals surface area contributed by atoms with Gasteiger partial charge in [0.15, 0.2) is 0 Å². The first-order chi connectivity index (χ1) is 8.77. The van der Waals surface area contributed by atoms with Crippen molar-refractivity contribution in [3.63, 3.8) is 0 Å². The zero-order chi connectivity index (χ0) is 12.2. The number of carbonyl (C=O) groups excluding carboxylic acids is 1. The Morgan fingerprint density at radius 3 is 2.89 bits per heavy atom. The summed E-state index contributed by atoms with van der Waals surface area (Å²) in [5, 5.41) is 9.66. The Morgan fingerprint density at radius 1 is 1.39 bits per heavy atom. The number of rotatable bonds is 2. The van der Waals surface area contributed by atoms with Crippen molar-refractivity contribution in [1.29, 1.82) is 0 Å². The van der Waals surface area contributed by atoms with Crippen LogP contribution >= 0.6 is 11.3 Å². The molecule has 1 saturated carbocycles. The molecule has 1 amide bonds. The first-order valence-corrected chi connectivity index (χ1v) is 6.89. The molecule has 0 atom stereocenters. The van der Waals surface area contributed by atoms with Crippen LogP contribution in [0.1, 0.15) is 22.5 Å². The van der Waals surface area contributed by atoms with Crippen molar-refractivity contribution in [3.05, 3.63) is 28.7 Å². The van der Waals surface area contributed by atoms with Crippen LogP contribution in [0.5, 0.6) is 0 Å². The second-order valence-electron chi connectivity index (χ2n) is 5.14. The van der Waals surface area contributed by atoms with E-state index in [-0.39, 0.29) is 5.91 Å². The van der Waals surface area contributed by atoms with Crippen LogP contribution in [-0.2, 0) is 0 Å². The van der Waals surface area contributed by atoms with Gasteiger partial charge in [0.2, 0.25) is 0 Å². The van der Waals surface area contributed by atoms with E-state index < -0.39 is 0 Å². The molecule has 1 aliphatic heterocycles. The molecule has 1 spiro atoms. The number of nitrogens with zero attached hydrogens (tertiary/aromatic N) is 4. The molecule has 5 nitrogen and oxygen atoms in total. The minimum Gasteiger partial charge on any atom is -0.337 e. The molecule has 2 aromatic heterocycles. The highest BCUT2D eigenvalue weighted by Gasteiger charge is 2.54. The van der Waals surface area contributed by atoms with Crippen molar-refractivity contribution in [3.8, 4) is 5.69 Å². The van der Waals surface area contributed by atoms with E-state index in [1.807, 2.05) is 16.3 Å². The molecule has 2 aromatic rings. The fourth-order valence-electron chi connectivity index (χ4n) is 2.52. The standard InChI is InChI=1S/C12H12N4OS/c17-11(15-7-12(8-15)2-3-12)10-9(1-6-18-10)16-5-4-13-14-16/h1,4-6H,2-3,7-8H2. The Balaban J connectivity index is 1.61. The summed E-state index contributed by atoms with van der Waals surface area (Å²) < 4.78 is 1.65. The molecular formula is C12H12N4OS. The lowest BCUT2D eigenvalue weighted by Crippen LogP contribution is -2.51. The molecule has 4 rings (SSSR count). The number of amides is 1. The molecule has 0 N–H and O–H groups in total. The van der Waals surface area contributed by atoms with Crippen LogP contribution in [0.25, 0.3) is 5.69 Å². The van der Waals surface area contributed by atoms with Crippen molar-refractivity contribution in [2.45, 2.75) is 12.8 Å². The molecule has 18 heavy (non-hydrogen) atoms. The van der Waals surface area contributed by atoms with Gasteiger partial charge in [0, 0.05) is 18.5 Å². The monoisotopic (exact) mass is 260 g/mol. The quantitative estimate of drug-likeness (QED) is 0.823. The second-order valence-corrected chi connectivity index (χ2v) is 6.06. The summed E-state index contributed by atoms with van der Waals surface area (Å²) >= 11 is 1.47.